The summed E-state index contributed by atoms with van der Waals surface area (Å²) < 4.78 is 2.21. The third-order valence-electron chi connectivity index (χ3n) is 2.79. The van der Waals surface area contributed by atoms with Gasteiger partial charge in [0.25, 0.3) is 11.6 Å². The third kappa shape index (κ3) is 3.31. The van der Waals surface area contributed by atoms with E-state index in [-0.39, 0.29) is 16.4 Å². The van der Waals surface area contributed by atoms with Crippen LogP contribution in [0.1, 0.15) is 17.4 Å². The SMILES string of the molecule is CCn1ncc(Cl)c1C(=O)Nc1c(Br)cc([N+](=O)[O-])cc1Br. The van der Waals surface area contributed by atoms with Crippen molar-refractivity contribution < 1.29 is 9.72 Å². The average molecular weight is 452 g/mol. The summed E-state index contributed by atoms with van der Waals surface area (Å²) in [5.41, 5.74) is 0.491. The number of amides is 1. The van der Waals surface area contributed by atoms with Crippen molar-refractivity contribution in [2.45, 2.75) is 13.5 Å². The van der Waals surface area contributed by atoms with E-state index >= 15 is 0 Å². The van der Waals surface area contributed by atoms with E-state index in [4.69, 9.17) is 11.6 Å². The van der Waals surface area contributed by atoms with Crippen LogP contribution in [0.15, 0.2) is 27.3 Å². The first-order valence-electron chi connectivity index (χ1n) is 6.01. The highest BCUT2D eigenvalue weighted by molar-refractivity contribution is 9.11. The Balaban J connectivity index is 2.37. The molecule has 0 fully saturated rings. The first-order valence-corrected chi connectivity index (χ1v) is 7.97. The Morgan fingerprint density at radius 2 is 2.05 bits per heavy atom. The summed E-state index contributed by atoms with van der Waals surface area (Å²) in [6, 6.07) is 2.61. The zero-order chi connectivity index (χ0) is 16.4. The number of rotatable bonds is 4. The van der Waals surface area contributed by atoms with Gasteiger partial charge < -0.3 is 5.32 Å². The number of nitro benzene ring substituents is 1. The van der Waals surface area contributed by atoms with E-state index in [1.807, 2.05) is 6.92 Å². The van der Waals surface area contributed by atoms with Crippen molar-refractivity contribution in [2.24, 2.45) is 0 Å². The number of aromatic nitrogens is 2. The number of benzene rings is 1. The second-order valence-corrected chi connectivity index (χ2v) is 6.27. The van der Waals surface area contributed by atoms with Crippen molar-refractivity contribution in [1.29, 1.82) is 0 Å². The summed E-state index contributed by atoms with van der Waals surface area (Å²) >= 11 is 12.4. The van der Waals surface area contributed by atoms with Gasteiger partial charge in [-0.3, -0.25) is 19.6 Å². The minimum absolute atomic E-state index is 0.103. The van der Waals surface area contributed by atoms with Crippen LogP contribution >= 0.6 is 43.5 Å². The molecule has 0 atom stereocenters. The van der Waals surface area contributed by atoms with Crippen LogP contribution in [0.5, 0.6) is 0 Å². The molecule has 1 N–H and O–H groups in total. The molecule has 10 heteroatoms. The number of anilines is 1. The molecule has 0 saturated carbocycles. The summed E-state index contributed by atoms with van der Waals surface area (Å²) in [5, 5.41) is 17.7. The fourth-order valence-electron chi connectivity index (χ4n) is 1.79. The van der Waals surface area contributed by atoms with Crippen LogP contribution in [-0.2, 0) is 6.54 Å². The highest BCUT2D eigenvalue weighted by atomic mass is 79.9. The fraction of sp³-hybridized carbons (Fsp3) is 0.167. The molecule has 0 unspecified atom stereocenters. The summed E-state index contributed by atoms with van der Waals surface area (Å²) in [6.07, 6.45) is 1.39. The van der Waals surface area contributed by atoms with Gasteiger partial charge in [0.1, 0.15) is 5.69 Å². The fourth-order valence-corrected chi connectivity index (χ4v) is 3.37. The van der Waals surface area contributed by atoms with Gasteiger partial charge >= 0.3 is 0 Å². The van der Waals surface area contributed by atoms with Crippen molar-refractivity contribution >= 4 is 60.7 Å². The number of hydrogen-bond donors (Lipinski definition) is 1. The smallest absolute Gasteiger partial charge is 0.275 e. The van der Waals surface area contributed by atoms with Crippen LogP contribution in [0.3, 0.4) is 0 Å². The van der Waals surface area contributed by atoms with Gasteiger partial charge in [-0.15, -0.1) is 0 Å². The van der Waals surface area contributed by atoms with Crippen LogP contribution in [0.4, 0.5) is 11.4 Å². The van der Waals surface area contributed by atoms with E-state index in [0.717, 1.165) is 0 Å². The summed E-state index contributed by atoms with van der Waals surface area (Å²) in [6.45, 7) is 2.32. The molecule has 0 aliphatic heterocycles. The lowest BCUT2D eigenvalue weighted by atomic mass is 10.2. The standard InChI is InChI=1S/C12H9Br2ClN4O3/c1-2-18-11(9(15)5-16-18)12(20)17-10-7(13)3-6(19(21)22)4-8(10)14/h3-5H,2H2,1H3,(H,17,20). The molecule has 0 bridgehead atoms. The van der Waals surface area contributed by atoms with E-state index < -0.39 is 10.8 Å². The normalized spacial score (nSPS) is 10.5. The Bertz CT molecular complexity index is 740. The van der Waals surface area contributed by atoms with Crippen molar-refractivity contribution in [2.75, 3.05) is 5.32 Å². The van der Waals surface area contributed by atoms with Gasteiger partial charge in [-0.05, 0) is 38.8 Å². The lowest BCUT2D eigenvalue weighted by molar-refractivity contribution is -0.385. The molecular formula is C12H9Br2ClN4O3. The molecule has 0 radical (unpaired) electrons. The van der Waals surface area contributed by atoms with Crippen molar-refractivity contribution in [3.05, 3.63) is 48.1 Å². The Morgan fingerprint density at radius 3 is 2.55 bits per heavy atom. The average Bonchev–Trinajstić information content (AvgIpc) is 2.83. The zero-order valence-corrected chi connectivity index (χ0v) is 15.1. The second kappa shape index (κ2) is 6.76. The summed E-state index contributed by atoms with van der Waals surface area (Å²) in [4.78, 5) is 22.6. The number of nitrogens with one attached hydrogen (secondary N) is 1. The van der Waals surface area contributed by atoms with E-state index in [9.17, 15) is 14.9 Å². The molecule has 116 valence electrons. The maximum Gasteiger partial charge on any atom is 0.275 e. The number of hydrogen-bond acceptors (Lipinski definition) is 4. The molecule has 2 aromatic rings. The van der Waals surface area contributed by atoms with Gasteiger partial charge in [0.05, 0.1) is 21.8 Å². The predicted octanol–water partition coefficient (Wildman–Crippen LogP) is 4.24. The van der Waals surface area contributed by atoms with Crippen molar-refractivity contribution in [1.82, 2.24) is 9.78 Å². The van der Waals surface area contributed by atoms with Crippen LogP contribution in [0.25, 0.3) is 0 Å². The first-order chi connectivity index (χ1) is 10.3. The molecule has 1 aromatic heterocycles. The second-order valence-electron chi connectivity index (χ2n) is 4.15. The molecule has 1 heterocycles. The molecule has 1 amide bonds. The van der Waals surface area contributed by atoms with Gasteiger partial charge in [-0.25, -0.2) is 0 Å². The molecule has 0 aliphatic carbocycles. The van der Waals surface area contributed by atoms with Gasteiger partial charge in [-0.2, -0.15) is 5.10 Å². The largest absolute Gasteiger partial charge is 0.319 e. The zero-order valence-electron chi connectivity index (χ0n) is 11.1. The maximum absolute atomic E-state index is 12.4. The number of aryl methyl sites for hydroxylation is 1. The van der Waals surface area contributed by atoms with Gasteiger partial charge in [0.2, 0.25) is 0 Å². The minimum atomic E-state index is -0.524. The number of non-ortho nitro benzene ring substituents is 1. The molecular weight excluding hydrogens is 443 g/mol. The monoisotopic (exact) mass is 450 g/mol. The van der Waals surface area contributed by atoms with Crippen LogP contribution < -0.4 is 5.32 Å². The van der Waals surface area contributed by atoms with Crippen LogP contribution in [0.2, 0.25) is 5.02 Å². The topological polar surface area (TPSA) is 90.1 Å². The number of halogens is 3. The highest BCUT2D eigenvalue weighted by Crippen LogP contribution is 2.35. The summed E-state index contributed by atoms with van der Waals surface area (Å²) in [7, 11) is 0. The number of nitro groups is 1. The lowest BCUT2D eigenvalue weighted by Crippen LogP contribution is -2.18. The van der Waals surface area contributed by atoms with E-state index in [1.165, 1.54) is 23.0 Å². The lowest BCUT2D eigenvalue weighted by Gasteiger charge is -2.11. The Kier molecular flexibility index (Phi) is 5.20. The van der Waals surface area contributed by atoms with Gasteiger partial charge in [-0.1, -0.05) is 11.6 Å². The van der Waals surface area contributed by atoms with Crippen LogP contribution in [0, 0.1) is 10.1 Å². The first kappa shape index (κ1) is 16.9. The van der Waals surface area contributed by atoms with Crippen molar-refractivity contribution in [3.63, 3.8) is 0 Å². The highest BCUT2D eigenvalue weighted by Gasteiger charge is 2.20. The Morgan fingerprint density at radius 1 is 1.45 bits per heavy atom. The molecule has 2 rings (SSSR count). The maximum atomic E-state index is 12.4. The van der Waals surface area contributed by atoms with E-state index in [0.29, 0.717) is 21.2 Å². The molecule has 7 nitrogen and oxygen atoms in total. The molecule has 22 heavy (non-hydrogen) atoms. The van der Waals surface area contributed by atoms with E-state index in [2.05, 4.69) is 42.3 Å². The van der Waals surface area contributed by atoms with E-state index in [1.54, 1.807) is 0 Å². The molecule has 0 spiro atoms. The number of carbonyl (C=O) groups is 1. The predicted molar refractivity (Wildman–Crippen MR) is 89.4 cm³/mol. The molecule has 0 aliphatic rings. The Hall–Kier alpha value is -1.45. The third-order valence-corrected chi connectivity index (χ3v) is 4.31. The summed E-state index contributed by atoms with van der Waals surface area (Å²) in [5.74, 6) is -0.459. The van der Waals surface area contributed by atoms with Gasteiger partial charge in [0.15, 0.2) is 0 Å². The minimum Gasteiger partial charge on any atom is -0.319 e. The van der Waals surface area contributed by atoms with Crippen molar-refractivity contribution in [3.8, 4) is 0 Å². The molecule has 0 saturated heterocycles. The number of nitrogens with zero attached hydrogens (tertiary/aromatic N) is 3. The Labute approximate surface area is 147 Å². The van der Waals surface area contributed by atoms with Gasteiger partial charge in [0, 0.05) is 27.6 Å². The molecule has 1 aromatic carbocycles. The number of carbonyl (C=O) groups excluding carboxylic acids is 1. The van der Waals surface area contributed by atoms with Crippen LogP contribution in [-0.4, -0.2) is 20.6 Å². The quantitative estimate of drug-likeness (QED) is 0.555.